The Bertz CT molecular complexity index is 609. The number of hydrogen-bond donors (Lipinski definition) is 1. The zero-order valence-corrected chi connectivity index (χ0v) is 16.1. The van der Waals surface area contributed by atoms with E-state index in [0.29, 0.717) is 19.7 Å². The van der Waals surface area contributed by atoms with Gasteiger partial charge in [-0.25, -0.2) is 0 Å². The molecule has 3 rings (SSSR count). The van der Waals surface area contributed by atoms with E-state index in [-0.39, 0.29) is 12.0 Å². The third-order valence-corrected chi connectivity index (χ3v) is 5.34. The first-order valence-corrected chi connectivity index (χ1v) is 9.64. The van der Waals surface area contributed by atoms with Crippen LogP contribution in [-0.2, 0) is 16.0 Å². The number of thiocarbonyl (C=S) groups is 1. The molecule has 6 nitrogen and oxygen atoms in total. The highest BCUT2D eigenvalue weighted by Crippen LogP contribution is 2.16. The monoisotopic (exact) mass is 377 g/mol. The molecule has 26 heavy (non-hydrogen) atoms. The maximum Gasteiger partial charge on any atom is 0.251 e. The number of hydrogen-bond acceptors (Lipinski definition) is 4. The summed E-state index contributed by atoms with van der Waals surface area (Å²) in [5.74, 6) is 1.01. The van der Waals surface area contributed by atoms with Crippen LogP contribution in [0.15, 0.2) is 24.3 Å². The Hall–Kier alpha value is -1.86. The maximum atomic E-state index is 12.4. The summed E-state index contributed by atoms with van der Waals surface area (Å²) in [6.45, 7) is 4.45. The van der Waals surface area contributed by atoms with E-state index >= 15 is 0 Å². The lowest BCUT2D eigenvalue weighted by Crippen LogP contribution is -2.54. The fourth-order valence-electron chi connectivity index (χ4n) is 3.32. The Morgan fingerprint density at radius 3 is 2.54 bits per heavy atom. The number of ether oxygens (including phenoxy) is 2. The van der Waals surface area contributed by atoms with Crippen molar-refractivity contribution in [2.24, 2.45) is 0 Å². The van der Waals surface area contributed by atoms with Crippen LogP contribution >= 0.6 is 12.2 Å². The molecule has 1 atom stereocenters. The van der Waals surface area contributed by atoms with E-state index in [2.05, 4.69) is 22.3 Å². The highest BCUT2D eigenvalue weighted by molar-refractivity contribution is 7.80. The molecular weight excluding hydrogens is 350 g/mol. The molecular formula is C19H27N3O3S. The van der Waals surface area contributed by atoms with Gasteiger partial charge in [-0.05, 0) is 49.2 Å². The molecule has 0 saturated carbocycles. The molecule has 1 amide bonds. The van der Waals surface area contributed by atoms with Crippen LogP contribution in [0, 0.1) is 0 Å². The molecule has 7 heteroatoms. The largest absolute Gasteiger partial charge is 0.497 e. The summed E-state index contributed by atoms with van der Waals surface area (Å²) in [4.78, 5) is 16.4. The van der Waals surface area contributed by atoms with Gasteiger partial charge in [-0.3, -0.25) is 4.79 Å². The van der Waals surface area contributed by atoms with Crippen LogP contribution in [0.4, 0.5) is 0 Å². The number of nitrogens with zero attached hydrogens (tertiary/aromatic N) is 2. The van der Waals surface area contributed by atoms with Gasteiger partial charge in [-0.15, -0.1) is 0 Å². The van der Waals surface area contributed by atoms with Crippen molar-refractivity contribution in [3.05, 3.63) is 29.8 Å². The van der Waals surface area contributed by atoms with E-state index < -0.39 is 0 Å². The summed E-state index contributed by atoms with van der Waals surface area (Å²) in [5.41, 5.74) is 1.24. The number of nitrogens with one attached hydrogen (secondary N) is 1. The number of benzene rings is 1. The summed E-state index contributed by atoms with van der Waals surface area (Å²) < 4.78 is 10.7. The van der Waals surface area contributed by atoms with E-state index in [9.17, 15) is 4.79 Å². The molecule has 0 aromatic heterocycles. The molecule has 2 aliphatic rings. The van der Waals surface area contributed by atoms with Crippen molar-refractivity contribution in [2.45, 2.75) is 25.4 Å². The van der Waals surface area contributed by atoms with Gasteiger partial charge < -0.3 is 24.6 Å². The minimum Gasteiger partial charge on any atom is -0.497 e. The number of carbonyl (C=O) groups is 1. The first-order valence-electron chi connectivity index (χ1n) is 9.23. The molecule has 1 aromatic rings. The molecule has 0 aliphatic carbocycles. The highest BCUT2D eigenvalue weighted by Gasteiger charge is 2.30. The lowest BCUT2D eigenvalue weighted by Gasteiger charge is -2.37. The summed E-state index contributed by atoms with van der Waals surface area (Å²) in [6.07, 6.45) is 2.51. The Kier molecular flexibility index (Phi) is 6.68. The van der Waals surface area contributed by atoms with Crippen molar-refractivity contribution < 1.29 is 14.3 Å². The van der Waals surface area contributed by atoms with Crippen LogP contribution in [0.2, 0.25) is 0 Å². The second-order valence-electron chi connectivity index (χ2n) is 6.64. The highest BCUT2D eigenvalue weighted by atomic mass is 32.1. The minimum atomic E-state index is -0.226. The number of amides is 1. The molecule has 2 saturated heterocycles. The third kappa shape index (κ3) is 4.86. The molecule has 2 aliphatic heterocycles. The van der Waals surface area contributed by atoms with Crippen LogP contribution in [0.3, 0.4) is 0 Å². The topological polar surface area (TPSA) is 54.0 Å². The number of rotatable bonds is 5. The van der Waals surface area contributed by atoms with Crippen LogP contribution in [-0.4, -0.2) is 73.4 Å². The van der Waals surface area contributed by atoms with Gasteiger partial charge in [0.05, 0.1) is 7.11 Å². The van der Waals surface area contributed by atoms with Crippen LogP contribution in [0.25, 0.3) is 0 Å². The lowest BCUT2D eigenvalue weighted by molar-refractivity contribution is -0.142. The van der Waals surface area contributed by atoms with E-state index in [1.165, 1.54) is 5.56 Å². The van der Waals surface area contributed by atoms with E-state index in [1.807, 2.05) is 17.0 Å². The molecule has 0 radical (unpaired) electrons. The van der Waals surface area contributed by atoms with Gasteiger partial charge in [0.15, 0.2) is 5.11 Å². The van der Waals surface area contributed by atoms with Gasteiger partial charge in [-0.2, -0.15) is 0 Å². The Morgan fingerprint density at radius 1 is 1.23 bits per heavy atom. The second-order valence-corrected chi connectivity index (χ2v) is 7.03. The zero-order valence-electron chi connectivity index (χ0n) is 15.3. The molecule has 1 N–H and O–H groups in total. The summed E-state index contributed by atoms with van der Waals surface area (Å²) in [7, 11) is 1.67. The first-order chi connectivity index (χ1) is 12.7. The van der Waals surface area contributed by atoms with Crippen molar-refractivity contribution >= 4 is 23.2 Å². The van der Waals surface area contributed by atoms with Crippen molar-refractivity contribution in [1.82, 2.24) is 15.1 Å². The summed E-state index contributed by atoms with van der Waals surface area (Å²) in [6, 6.07) is 8.08. The third-order valence-electron chi connectivity index (χ3n) is 4.93. The Labute approximate surface area is 160 Å². The van der Waals surface area contributed by atoms with Gasteiger partial charge in [0.2, 0.25) is 0 Å². The normalized spacial score (nSPS) is 20.1. The van der Waals surface area contributed by atoms with Gasteiger partial charge in [0, 0.05) is 39.3 Å². The fourth-order valence-corrected chi connectivity index (χ4v) is 3.61. The van der Waals surface area contributed by atoms with Gasteiger partial charge in [-0.1, -0.05) is 12.1 Å². The molecule has 142 valence electrons. The number of carbonyl (C=O) groups excluding carboxylic acids is 1. The second kappa shape index (κ2) is 9.19. The first kappa shape index (κ1) is 18.9. The Balaban J connectivity index is 1.37. The van der Waals surface area contributed by atoms with Crippen molar-refractivity contribution in [1.29, 1.82) is 0 Å². The Morgan fingerprint density at radius 2 is 1.92 bits per heavy atom. The molecule has 1 aromatic carbocycles. The molecule has 0 spiro atoms. The summed E-state index contributed by atoms with van der Waals surface area (Å²) in [5, 5.41) is 4.09. The molecule has 2 heterocycles. The van der Waals surface area contributed by atoms with E-state index in [4.69, 9.17) is 21.7 Å². The maximum absolute atomic E-state index is 12.4. The standard InChI is InChI=1S/C19H27N3O3S/c1-24-16-6-4-15(5-7-16)8-9-20-19(26)22-12-10-21(11-13-22)18(23)17-3-2-14-25-17/h4-7,17H,2-3,8-14H2,1H3,(H,20,26). The average molecular weight is 378 g/mol. The summed E-state index contributed by atoms with van der Waals surface area (Å²) >= 11 is 5.51. The fraction of sp³-hybridized carbons (Fsp3) is 0.579. The quantitative estimate of drug-likeness (QED) is 0.784. The van der Waals surface area contributed by atoms with Crippen LogP contribution < -0.4 is 10.1 Å². The van der Waals surface area contributed by atoms with Crippen molar-refractivity contribution in [3.8, 4) is 5.75 Å². The number of methoxy groups -OCH3 is 1. The van der Waals surface area contributed by atoms with Crippen LogP contribution in [0.5, 0.6) is 5.75 Å². The predicted octanol–water partition coefficient (Wildman–Crippen LogP) is 1.44. The minimum absolute atomic E-state index is 0.139. The van der Waals surface area contributed by atoms with Gasteiger partial charge in [0.25, 0.3) is 5.91 Å². The van der Waals surface area contributed by atoms with E-state index in [0.717, 1.165) is 49.8 Å². The zero-order chi connectivity index (χ0) is 18.4. The van der Waals surface area contributed by atoms with Crippen LogP contribution in [0.1, 0.15) is 18.4 Å². The molecule has 2 fully saturated rings. The molecule has 0 bridgehead atoms. The van der Waals surface area contributed by atoms with Gasteiger partial charge in [0.1, 0.15) is 11.9 Å². The van der Waals surface area contributed by atoms with E-state index in [1.54, 1.807) is 7.11 Å². The molecule has 1 unspecified atom stereocenters. The smallest absolute Gasteiger partial charge is 0.251 e. The van der Waals surface area contributed by atoms with Crippen molar-refractivity contribution in [2.75, 3.05) is 46.4 Å². The van der Waals surface area contributed by atoms with Crippen molar-refractivity contribution in [3.63, 3.8) is 0 Å². The number of piperazine rings is 1. The van der Waals surface area contributed by atoms with Gasteiger partial charge >= 0.3 is 0 Å². The lowest BCUT2D eigenvalue weighted by atomic mass is 10.1. The SMILES string of the molecule is COc1ccc(CCNC(=S)N2CCN(C(=O)C3CCCO3)CC2)cc1. The average Bonchev–Trinajstić information content (AvgIpc) is 3.23. The predicted molar refractivity (Wildman–Crippen MR) is 104 cm³/mol.